The van der Waals surface area contributed by atoms with Crippen molar-refractivity contribution in [3.05, 3.63) is 229 Å². The molecule has 4 saturated heterocycles. The number of amides is 4. The summed E-state index contributed by atoms with van der Waals surface area (Å²) in [4.78, 5) is 105. The molecule has 37 heteroatoms. The minimum Gasteiger partial charge on any atom is -0.507 e. The number of ether oxygens (including phenoxy) is 3. The number of benzene rings is 8. The lowest BCUT2D eigenvalue weighted by Gasteiger charge is -2.36. The van der Waals surface area contributed by atoms with Crippen LogP contribution in [0.5, 0.6) is 46.0 Å². The first-order valence-corrected chi connectivity index (χ1v) is 42.5. The highest BCUT2D eigenvalue weighted by Crippen LogP contribution is 2.50. The van der Waals surface area contributed by atoms with Gasteiger partial charge in [-0.05, 0) is 140 Å². The van der Waals surface area contributed by atoms with Crippen molar-refractivity contribution >= 4 is 126 Å². The largest absolute Gasteiger partial charge is 0.507 e. The molecule has 0 bridgehead atoms. The third kappa shape index (κ3) is 21.5. The Morgan fingerprint density at radius 2 is 0.612 bits per heavy atom. The Bertz CT molecular complexity index is 6300. The molecule has 0 aliphatic carbocycles. The van der Waals surface area contributed by atoms with E-state index in [4.69, 9.17) is 89.9 Å². The van der Waals surface area contributed by atoms with E-state index in [1.54, 1.807) is 97.1 Å². The number of phenolic OH excluding ortho intramolecular Hbond substituents is 7. The Hall–Kier alpha value is -12.3. The number of fused-ring (bicyclic) bond motifs is 4. The van der Waals surface area contributed by atoms with Crippen LogP contribution in [0.1, 0.15) is 71.6 Å². The highest BCUT2D eigenvalue weighted by Gasteiger charge is 2.41. The van der Waals surface area contributed by atoms with E-state index in [2.05, 4.69) is 21.3 Å². The van der Waals surface area contributed by atoms with Gasteiger partial charge in [-0.15, -0.1) is 0 Å². The maximum absolute atomic E-state index is 13.0. The van der Waals surface area contributed by atoms with Crippen molar-refractivity contribution in [1.82, 2.24) is 40.9 Å². The predicted octanol–water partition coefficient (Wildman–Crippen LogP) is 14.5. The van der Waals surface area contributed by atoms with Crippen LogP contribution in [0, 0.1) is 0 Å². The van der Waals surface area contributed by atoms with Crippen molar-refractivity contribution in [2.24, 2.45) is 0 Å². The number of halogens is 5. The second-order valence-electron chi connectivity index (χ2n) is 31.2. The van der Waals surface area contributed by atoms with Crippen molar-refractivity contribution in [3.63, 3.8) is 0 Å². The van der Waals surface area contributed by atoms with Crippen molar-refractivity contribution < 1.29 is 97.0 Å². The van der Waals surface area contributed by atoms with Gasteiger partial charge < -0.3 is 119 Å². The van der Waals surface area contributed by atoms with Crippen LogP contribution in [-0.2, 0) is 9.47 Å². The number of carbonyl (C=O) groups is 4. The van der Waals surface area contributed by atoms with Crippen LogP contribution in [0.3, 0.4) is 0 Å². The Morgan fingerprint density at radius 1 is 0.357 bits per heavy atom. The molecule has 129 heavy (non-hydrogen) atoms. The molecule has 32 nitrogen and oxygen atoms in total. The molecule has 12 aromatic rings. The maximum atomic E-state index is 13.0. The lowest BCUT2D eigenvalue weighted by Crippen LogP contribution is -2.44. The lowest BCUT2D eigenvalue weighted by molar-refractivity contribution is 0.0358. The average molecular weight is 1870 g/mol. The standard InChI is InChI=1S/3C23H23ClN2O6.C21H20ClNO5.C2H4ClNO/c1-25-23(30)32-19-10-16(28)21-15(27)9-18(12-5-3-4-6-14(12)24)31-22(21)20(19)13-7-8-26(2)11-17(13)29;2*1-25-23(30)32-19-11-26(2)8-7-13(19)20-15(27)9-16(28)21-17(29)10-18(31-22(20)21)12-5-3-4-6-14(12)24;1-23-7-6-12(17(27)10-23)19-14(24)8-15(25)20-16(26)9-18(28-21(19)20)11-4-2-3-5-13(11)22;1-4-2(3)5/h3-6,9-10,13,17,28-29H,7-8,11H2,1-2H3,(H,25,30);2*3-6,9-10,13,19,27-28H,7-8,11H2,1-2H3,(H,25,30);2-5,8-9,12,17,24-25,27H,6-7,10H2,1H3;1H3,(H,4,5)/t13-,17+;2*13-,19+;12-,17+;/m0000./s1. The number of aliphatic hydroxyl groups is 2. The number of likely N-dealkylation sites (N-methyl/N-ethyl adjacent to an activating group) is 4. The Balaban J connectivity index is 0.000000153. The minimum atomic E-state index is -0.803. The number of nitrogens with one attached hydrogen (secondary N) is 4. The molecule has 4 aromatic heterocycles. The van der Waals surface area contributed by atoms with E-state index in [1.807, 2.05) is 47.8 Å². The van der Waals surface area contributed by atoms with Crippen LogP contribution < -0.4 is 47.7 Å². The van der Waals surface area contributed by atoms with Gasteiger partial charge in [0.15, 0.2) is 21.7 Å². The molecule has 0 saturated carbocycles. The van der Waals surface area contributed by atoms with E-state index in [-0.39, 0.29) is 101 Å². The van der Waals surface area contributed by atoms with E-state index in [9.17, 15) is 84.3 Å². The van der Waals surface area contributed by atoms with Crippen molar-refractivity contribution in [3.8, 4) is 91.3 Å². The molecule has 680 valence electrons. The van der Waals surface area contributed by atoms with Gasteiger partial charge in [0.25, 0.3) is 0 Å². The van der Waals surface area contributed by atoms with E-state index in [0.717, 1.165) is 24.7 Å². The summed E-state index contributed by atoms with van der Waals surface area (Å²) in [6.45, 7) is 4.42. The molecule has 4 amide bonds. The Morgan fingerprint density at radius 3 is 0.891 bits per heavy atom. The number of aromatic hydroxyl groups is 7. The SMILES string of the molecule is CN1CC[C@H](c2c(O)cc(O)c3c(=O)cc(-c4ccccc4Cl)oc23)[C@H](O)C1.CNC(=O)Cl.CNC(=O)O[C@@H]1CN(C)CC[C@@H]1c1c(O)cc(O)c2c(=O)cc(-c3ccccc3Cl)oc12.CNC(=O)O[C@@H]1CN(C)CC[C@@H]1c1c(O)cc(O)c2c(=O)cc(-c3ccccc3Cl)oc12.CNC(=O)Oc1cc(O)c2c(=O)cc(-c3ccccc3Cl)oc2c1[C@H]1CCN(C)C[C@H]1O. The second kappa shape index (κ2) is 41.8. The first-order valence-electron chi connectivity index (χ1n) is 40.6. The highest BCUT2D eigenvalue weighted by molar-refractivity contribution is 6.62. The van der Waals surface area contributed by atoms with Crippen LogP contribution in [0.15, 0.2) is 182 Å². The van der Waals surface area contributed by atoms with Crippen LogP contribution >= 0.6 is 58.0 Å². The van der Waals surface area contributed by atoms with Crippen LogP contribution in [0.25, 0.3) is 89.2 Å². The van der Waals surface area contributed by atoms with Gasteiger partial charge in [0.2, 0.25) is 0 Å². The molecule has 8 heterocycles. The van der Waals surface area contributed by atoms with Gasteiger partial charge in [0.1, 0.15) is 125 Å². The fourth-order valence-corrected chi connectivity index (χ4v) is 17.3. The van der Waals surface area contributed by atoms with Gasteiger partial charge >= 0.3 is 23.6 Å². The summed E-state index contributed by atoms with van der Waals surface area (Å²) in [6, 6.07) is 37.3. The van der Waals surface area contributed by atoms with E-state index < -0.39 is 105 Å². The number of aliphatic hydroxyl groups excluding tert-OH is 2. The minimum absolute atomic E-state index is 0.0161. The summed E-state index contributed by atoms with van der Waals surface area (Å²) in [5.41, 5.74) is 1.69. The zero-order chi connectivity index (χ0) is 93.3. The summed E-state index contributed by atoms with van der Waals surface area (Å²) in [6.07, 6.45) is -2.55. The third-order valence-corrected chi connectivity index (χ3v) is 24.1. The average Bonchev–Trinajstić information content (AvgIpc) is 0.760. The molecule has 0 radical (unpaired) electrons. The summed E-state index contributed by atoms with van der Waals surface area (Å²) in [5, 5.41) is 106. The van der Waals surface area contributed by atoms with Gasteiger partial charge in [0, 0.05) is 171 Å². The second-order valence-corrected chi connectivity index (χ2v) is 33.2. The van der Waals surface area contributed by atoms with Crippen LogP contribution in [-0.4, -0.2) is 222 Å². The van der Waals surface area contributed by atoms with Gasteiger partial charge in [-0.2, -0.15) is 0 Å². The number of β-amino-alcohol motifs (C(OH)–C–C–N with tert-alkyl or cyclic N) is 2. The Labute approximate surface area is 761 Å². The van der Waals surface area contributed by atoms with Gasteiger partial charge in [-0.3, -0.25) is 24.0 Å². The van der Waals surface area contributed by atoms with Gasteiger partial charge in [0.05, 0.1) is 32.3 Å². The first-order chi connectivity index (χ1) is 61.5. The lowest BCUT2D eigenvalue weighted by atomic mass is 9.85. The fraction of sp³-hybridized carbons (Fsp3) is 0.304. The molecular formula is C92H93Cl5N8O24. The number of carbonyl (C=O) groups excluding carboxylic acids is 4. The van der Waals surface area contributed by atoms with Crippen molar-refractivity contribution in [2.75, 3.05) is 109 Å². The smallest absolute Gasteiger partial charge is 0.412 e. The number of likely N-dealkylation sites (tertiary alicyclic amines) is 4. The molecule has 4 aliphatic rings. The quantitative estimate of drug-likeness (QED) is 0.0422. The summed E-state index contributed by atoms with van der Waals surface area (Å²) in [5.74, 6) is -3.20. The monoisotopic (exact) mass is 1870 g/mol. The number of hydrogen-bond acceptors (Lipinski definition) is 28. The first kappa shape index (κ1) is 95.8. The predicted molar refractivity (Wildman–Crippen MR) is 489 cm³/mol. The van der Waals surface area contributed by atoms with Gasteiger partial charge in [-0.1, -0.05) is 94.9 Å². The van der Waals surface area contributed by atoms with Gasteiger partial charge in [-0.25, -0.2) is 14.4 Å². The summed E-state index contributed by atoms with van der Waals surface area (Å²) in [7, 11) is 13.4. The normalized spacial score (nSPS) is 18.9. The number of hydrogen-bond donors (Lipinski definition) is 13. The fourth-order valence-electron chi connectivity index (χ4n) is 16.4. The Kier molecular flexibility index (Phi) is 31.1. The molecule has 4 aliphatic heterocycles. The molecular weight excluding hydrogens is 1780 g/mol. The zero-order valence-corrected chi connectivity index (χ0v) is 74.6. The number of phenols is 7. The van der Waals surface area contributed by atoms with Crippen molar-refractivity contribution in [2.45, 2.75) is 73.8 Å². The molecule has 8 aromatic carbocycles. The molecule has 8 atom stereocenters. The maximum Gasteiger partial charge on any atom is 0.412 e. The summed E-state index contributed by atoms with van der Waals surface area (Å²) >= 11 is 29.9. The number of alkyl carbamates (subject to hydrolysis) is 2. The molecule has 13 N–H and O–H groups in total. The van der Waals surface area contributed by atoms with E-state index >= 15 is 0 Å². The molecule has 4 fully saturated rings. The molecule has 16 rings (SSSR count). The van der Waals surface area contributed by atoms with Crippen LogP contribution in [0.4, 0.5) is 19.2 Å². The molecule has 0 spiro atoms. The van der Waals surface area contributed by atoms with Crippen molar-refractivity contribution in [1.29, 1.82) is 0 Å². The number of nitrogens with zero attached hydrogens (tertiary/aromatic N) is 4. The van der Waals surface area contributed by atoms with E-state index in [1.165, 1.54) is 58.5 Å². The zero-order valence-electron chi connectivity index (χ0n) is 70.8. The van der Waals surface area contributed by atoms with E-state index in [0.29, 0.717) is 136 Å². The topological polar surface area (TPSA) is 460 Å². The van der Waals surface area contributed by atoms with Crippen LogP contribution in [0.2, 0.25) is 20.1 Å². The number of piperidine rings is 4. The highest BCUT2D eigenvalue weighted by atomic mass is 35.5. The third-order valence-electron chi connectivity index (χ3n) is 22.6. The molecule has 0 unspecified atom stereocenters. The summed E-state index contributed by atoms with van der Waals surface area (Å²) < 4.78 is 40.8. The number of rotatable bonds is 11.